The number of hydrogen-bond acceptors (Lipinski definition) is 5. The first-order valence-corrected chi connectivity index (χ1v) is 8.78. The number of nitrogens with zero attached hydrogens (tertiary/aromatic N) is 3. The van der Waals surface area contributed by atoms with Crippen LogP contribution >= 0.6 is 11.3 Å². The van der Waals surface area contributed by atoms with Gasteiger partial charge in [-0.15, -0.1) is 11.3 Å². The summed E-state index contributed by atoms with van der Waals surface area (Å²) in [6.07, 6.45) is -0.473. The number of rotatable bonds is 4. The molecule has 0 spiro atoms. The summed E-state index contributed by atoms with van der Waals surface area (Å²) < 4.78 is 0. The first-order valence-electron chi connectivity index (χ1n) is 7.90. The lowest BCUT2D eigenvalue weighted by molar-refractivity contribution is 0.0533. The van der Waals surface area contributed by atoms with Gasteiger partial charge in [0.2, 0.25) is 0 Å². The summed E-state index contributed by atoms with van der Waals surface area (Å²) in [5, 5.41) is 21.1. The largest absolute Gasteiger partial charge is 0.386 e. The summed E-state index contributed by atoms with van der Waals surface area (Å²) >= 11 is 1.56. The van der Waals surface area contributed by atoms with Crippen molar-refractivity contribution in [2.75, 3.05) is 32.7 Å². The topological polar surface area (TPSA) is 67.6 Å². The Hall–Kier alpha value is -2.20. The molecular weight excluding hydrogens is 322 g/mol. The second-order valence-electron chi connectivity index (χ2n) is 5.82. The van der Waals surface area contributed by atoms with E-state index in [9.17, 15) is 9.90 Å². The summed E-state index contributed by atoms with van der Waals surface area (Å²) in [6.45, 7) is 3.34. The maximum atomic E-state index is 12.5. The van der Waals surface area contributed by atoms with E-state index in [2.05, 4.69) is 11.0 Å². The first kappa shape index (κ1) is 16.7. The van der Waals surface area contributed by atoms with Gasteiger partial charge in [0.25, 0.3) is 5.91 Å². The fraction of sp³-hybridized carbons (Fsp3) is 0.333. The molecule has 6 heteroatoms. The zero-order chi connectivity index (χ0) is 16.9. The van der Waals surface area contributed by atoms with E-state index in [4.69, 9.17) is 5.26 Å². The fourth-order valence-electron chi connectivity index (χ4n) is 2.85. The SMILES string of the molecule is N#Cc1cccc(C(=O)N2CCN(CC(O)c3cccs3)CC2)c1. The molecule has 1 aromatic heterocycles. The van der Waals surface area contributed by atoms with Crippen molar-refractivity contribution in [3.8, 4) is 6.07 Å². The van der Waals surface area contributed by atoms with Crippen LogP contribution in [0.4, 0.5) is 0 Å². The van der Waals surface area contributed by atoms with E-state index < -0.39 is 6.10 Å². The van der Waals surface area contributed by atoms with Crippen LogP contribution in [0.25, 0.3) is 0 Å². The van der Waals surface area contributed by atoms with Gasteiger partial charge >= 0.3 is 0 Å². The highest BCUT2D eigenvalue weighted by atomic mass is 32.1. The molecule has 1 aromatic carbocycles. The van der Waals surface area contributed by atoms with Crippen molar-refractivity contribution in [2.24, 2.45) is 0 Å². The van der Waals surface area contributed by atoms with Crippen molar-refractivity contribution in [3.05, 3.63) is 57.8 Å². The molecule has 24 heavy (non-hydrogen) atoms. The Kier molecular flexibility index (Phi) is 5.26. The van der Waals surface area contributed by atoms with Crippen molar-refractivity contribution in [3.63, 3.8) is 0 Å². The second kappa shape index (κ2) is 7.58. The lowest BCUT2D eigenvalue weighted by Gasteiger charge is -2.35. The minimum absolute atomic E-state index is 0.0365. The van der Waals surface area contributed by atoms with E-state index in [1.807, 2.05) is 22.4 Å². The number of carbonyl (C=O) groups excluding carboxylic acids is 1. The Morgan fingerprint density at radius 1 is 1.25 bits per heavy atom. The lowest BCUT2D eigenvalue weighted by Crippen LogP contribution is -2.49. The first-order chi connectivity index (χ1) is 11.7. The molecule has 1 atom stereocenters. The molecule has 3 rings (SSSR count). The third-order valence-electron chi connectivity index (χ3n) is 4.20. The van der Waals surface area contributed by atoms with Gasteiger partial charge in [-0.2, -0.15) is 5.26 Å². The summed E-state index contributed by atoms with van der Waals surface area (Å²) in [5.74, 6) is -0.0365. The molecule has 1 aliphatic heterocycles. The molecule has 1 unspecified atom stereocenters. The van der Waals surface area contributed by atoms with Crippen molar-refractivity contribution in [1.82, 2.24) is 9.80 Å². The predicted octanol–water partition coefficient (Wildman–Crippen LogP) is 2.11. The number of benzene rings is 1. The highest BCUT2D eigenvalue weighted by Gasteiger charge is 2.24. The normalized spacial score (nSPS) is 16.6. The third kappa shape index (κ3) is 3.82. The number of aliphatic hydroxyl groups excluding tert-OH is 1. The molecule has 5 nitrogen and oxygen atoms in total. The van der Waals surface area contributed by atoms with Gasteiger partial charge < -0.3 is 10.0 Å². The fourth-order valence-corrected chi connectivity index (χ4v) is 3.56. The maximum absolute atomic E-state index is 12.5. The van der Waals surface area contributed by atoms with Crippen molar-refractivity contribution < 1.29 is 9.90 Å². The Morgan fingerprint density at radius 3 is 2.71 bits per heavy atom. The molecule has 2 aromatic rings. The van der Waals surface area contributed by atoms with E-state index in [0.717, 1.165) is 18.0 Å². The molecule has 124 valence electrons. The molecule has 0 bridgehead atoms. The average Bonchev–Trinajstić information content (AvgIpc) is 3.16. The van der Waals surface area contributed by atoms with Crippen LogP contribution in [0, 0.1) is 11.3 Å². The van der Waals surface area contributed by atoms with Gasteiger partial charge in [0.15, 0.2) is 0 Å². The maximum Gasteiger partial charge on any atom is 0.253 e. The molecule has 1 saturated heterocycles. The Labute approximate surface area is 145 Å². The van der Waals surface area contributed by atoms with Crippen LogP contribution in [0.2, 0.25) is 0 Å². The van der Waals surface area contributed by atoms with E-state index in [-0.39, 0.29) is 5.91 Å². The molecule has 0 radical (unpaired) electrons. The number of carbonyl (C=O) groups is 1. The molecule has 1 fully saturated rings. The number of piperazine rings is 1. The minimum atomic E-state index is -0.473. The van der Waals surface area contributed by atoms with Crippen LogP contribution in [0.1, 0.15) is 26.9 Å². The lowest BCUT2D eigenvalue weighted by atomic mass is 10.1. The Bertz CT molecular complexity index is 731. The molecule has 1 N–H and O–H groups in total. The van der Waals surface area contributed by atoms with E-state index in [1.54, 1.807) is 35.6 Å². The molecule has 2 heterocycles. The van der Waals surface area contributed by atoms with Crippen LogP contribution < -0.4 is 0 Å². The van der Waals surface area contributed by atoms with Crippen LogP contribution in [0.5, 0.6) is 0 Å². The summed E-state index contributed by atoms with van der Waals surface area (Å²) in [7, 11) is 0. The van der Waals surface area contributed by atoms with Crippen LogP contribution in [-0.2, 0) is 0 Å². The van der Waals surface area contributed by atoms with Gasteiger partial charge in [0, 0.05) is 43.2 Å². The predicted molar refractivity (Wildman–Crippen MR) is 92.8 cm³/mol. The zero-order valence-electron chi connectivity index (χ0n) is 13.3. The van der Waals surface area contributed by atoms with E-state index in [0.29, 0.717) is 30.8 Å². The molecule has 1 aliphatic rings. The molecule has 1 amide bonds. The smallest absolute Gasteiger partial charge is 0.253 e. The van der Waals surface area contributed by atoms with Gasteiger partial charge in [-0.05, 0) is 29.6 Å². The molecular formula is C18H19N3O2S. The number of hydrogen-bond donors (Lipinski definition) is 1. The van der Waals surface area contributed by atoms with Gasteiger partial charge in [0.05, 0.1) is 11.6 Å². The highest BCUT2D eigenvalue weighted by molar-refractivity contribution is 7.10. The van der Waals surface area contributed by atoms with E-state index >= 15 is 0 Å². The number of thiophene rings is 1. The summed E-state index contributed by atoms with van der Waals surface area (Å²) in [4.78, 5) is 17.5. The summed E-state index contributed by atoms with van der Waals surface area (Å²) in [6, 6.07) is 12.8. The van der Waals surface area contributed by atoms with E-state index in [1.165, 1.54) is 0 Å². The minimum Gasteiger partial charge on any atom is -0.386 e. The Morgan fingerprint density at radius 2 is 2.04 bits per heavy atom. The van der Waals surface area contributed by atoms with Crippen molar-refractivity contribution in [2.45, 2.75) is 6.10 Å². The quantitative estimate of drug-likeness (QED) is 0.925. The van der Waals surface area contributed by atoms with Crippen LogP contribution in [0.3, 0.4) is 0 Å². The van der Waals surface area contributed by atoms with Crippen molar-refractivity contribution in [1.29, 1.82) is 5.26 Å². The average molecular weight is 341 g/mol. The number of amides is 1. The van der Waals surface area contributed by atoms with Crippen LogP contribution in [0.15, 0.2) is 41.8 Å². The third-order valence-corrected chi connectivity index (χ3v) is 5.17. The molecule has 0 saturated carbocycles. The highest BCUT2D eigenvalue weighted by Crippen LogP contribution is 2.20. The second-order valence-corrected chi connectivity index (χ2v) is 6.80. The zero-order valence-corrected chi connectivity index (χ0v) is 14.1. The van der Waals surface area contributed by atoms with Gasteiger partial charge in [-0.3, -0.25) is 9.69 Å². The number of β-amino-alcohol motifs (C(OH)–C–C–N with tert-alkyl or cyclic N) is 1. The van der Waals surface area contributed by atoms with Crippen molar-refractivity contribution >= 4 is 17.2 Å². The standard InChI is InChI=1S/C18H19N3O2S/c19-12-14-3-1-4-15(11-14)18(23)21-8-6-20(7-9-21)13-16(22)17-5-2-10-24-17/h1-5,10-11,16,22H,6-9,13H2. The van der Waals surface area contributed by atoms with Gasteiger partial charge in [-0.25, -0.2) is 0 Å². The Balaban J connectivity index is 1.55. The van der Waals surface area contributed by atoms with Crippen LogP contribution in [-0.4, -0.2) is 53.5 Å². The number of nitriles is 1. The summed E-state index contributed by atoms with van der Waals surface area (Å²) in [5.41, 5.74) is 1.06. The van der Waals surface area contributed by atoms with Gasteiger partial charge in [0.1, 0.15) is 6.10 Å². The molecule has 0 aliphatic carbocycles. The number of aliphatic hydroxyl groups is 1. The van der Waals surface area contributed by atoms with Gasteiger partial charge in [-0.1, -0.05) is 12.1 Å². The monoisotopic (exact) mass is 341 g/mol.